The molecule has 0 bridgehead atoms. The van der Waals surface area contributed by atoms with Crippen LogP contribution in [-0.4, -0.2) is 38.8 Å². The standard InChI is InChI=1S/C13H25N5/c1-10(2)18-13(15-9-16-18)8-17-6-4-5-11(3)12(17)7-14/h9-12H,4-8,14H2,1-3H3. The molecule has 0 radical (unpaired) electrons. The first kappa shape index (κ1) is 13.5. The van der Waals surface area contributed by atoms with Crippen molar-refractivity contribution in [3.05, 3.63) is 12.2 Å². The maximum Gasteiger partial charge on any atom is 0.141 e. The van der Waals surface area contributed by atoms with Crippen molar-refractivity contribution in [2.45, 2.75) is 52.2 Å². The summed E-state index contributed by atoms with van der Waals surface area (Å²) >= 11 is 0. The summed E-state index contributed by atoms with van der Waals surface area (Å²) in [5.41, 5.74) is 5.93. The zero-order chi connectivity index (χ0) is 13.1. The highest BCUT2D eigenvalue weighted by atomic mass is 15.4. The van der Waals surface area contributed by atoms with Crippen LogP contribution in [0, 0.1) is 5.92 Å². The lowest BCUT2D eigenvalue weighted by Gasteiger charge is -2.39. The molecule has 0 saturated carbocycles. The molecule has 5 heteroatoms. The van der Waals surface area contributed by atoms with Gasteiger partial charge in [0, 0.05) is 18.6 Å². The van der Waals surface area contributed by atoms with Crippen LogP contribution in [0.1, 0.15) is 45.5 Å². The van der Waals surface area contributed by atoms with Gasteiger partial charge in [0.1, 0.15) is 12.2 Å². The van der Waals surface area contributed by atoms with E-state index in [1.807, 2.05) is 4.68 Å². The molecule has 1 fully saturated rings. The average molecular weight is 251 g/mol. The van der Waals surface area contributed by atoms with Gasteiger partial charge in [-0.1, -0.05) is 6.92 Å². The molecule has 1 saturated heterocycles. The molecular formula is C13H25N5. The van der Waals surface area contributed by atoms with Crippen molar-refractivity contribution >= 4 is 0 Å². The topological polar surface area (TPSA) is 60.0 Å². The normalized spacial score (nSPS) is 25.8. The Morgan fingerprint density at radius 2 is 2.28 bits per heavy atom. The van der Waals surface area contributed by atoms with Gasteiger partial charge < -0.3 is 5.73 Å². The van der Waals surface area contributed by atoms with Gasteiger partial charge in [-0.2, -0.15) is 5.10 Å². The number of piperidine rings is 1. The molecule has 1 aliphatic heterocycles. The van der Waals surface area contributed by atoms with Crippen LogP contribution in [-0.2, 0) is 6.54 Å². The highest BCUT2D eigenvalue weighted by molar-refractivity contribution is 4.91. The highest BCUT2D eigenvalue weighted by Gasteiger charge is 2.28. The van der Waals surface area contributed by atoms with Gasteiger partial charge >= 0.3 is 0 Å². The van der Waals surface area contributed by atoms with E-state index in [-0.39, 0.29) is 0 Å². The third-order valence-corrected chi connectivity index (χ3v) is 3.95. The molecule has 2 unspecified atom stereocenters. The lowest BCUT2D eigenvalue weighted by Crippen LogP contribution is -2.48. The molecule has 1 aromatic rings. The maximum absolute atomic E-state index is 5.93. The molecule has 2 rings (SSSR count). The van der Waals surface area contributed by atoms with Gasteiger partial charge in [0.25, 0.3) is 0 Å². The van der Waals surface area contributed by atoms with E-state index in [1.54, 1.807) is 6.33 Å². The van der Waals surface area contributed by atoms with Crippen LogP contribution < -0.4 is 5.73 Å². The number of aromatic nitrogens is 3. The minimum Gasteiger partial charge on any atom is -0.329 e. The van der Waals surface area contributed by atoms with Crippen LogP contribution >= 0.6 is 0 Å². The number of likely N-dealkylation sites (tertiary alicyclic amines) is 1. The van der Waals surface area contributed by atoms with E-state index >= 15 is 0 Å². The fraction of sp³-hybridized carbons (Fsp3) is 0.846. The molecule has 0 amide bonds. The van der Waals surface area contributed by atoms with Gasteiger partial charge in [-0.15, -0.1) is 0 Å². The number of nitrogens with two attached hydrogens (primary N) is 1. The van der Waals surface area contributed by atoms with Gasteiger partial charge in [0.2, 0.25) is 0 Å². The van der Waals surface area contributed by atoms with Crippen LogP contribution in [0.4, 0.5) is 0 Å². The van der Waals surface area contributed by atoms with E-state index in [1.165, 1.54) is 12.8 Å². The second-order valence-electron chi connectivity index (χ2n) is 5.61. The Labute approximate surface area is 109 Å². The molecule has 2 N–H and O–H groups in total. The monoisotopic (exact) mass is 251 g/mol. The van der Waals surface area contributed by atoms with Crippen molar-refractivity contribution < 1.29 is 0 Å². The number of nitrogens with zero attached hydrogens (tertiary/aromatic N) is 4. The minimum absolute atomic E-state index is 0.362. The highest BCUT2D eigenvalue weighted by Crippen LogP contribution is 2.24. The summed E-state index contributed by atoms with van der Waals surface area (Å²) in [6.45, 7) is 9.30. The fourth-order valence-electron chi connectivity index (χ4n) is 2.91. The lowest BCUT2D eigenvalue weighted by atomic mass is 9.91. The van der Waals surface area contributed by atoms with Gasteiger partial charge in [-0.05, 0) is 39.2 Å². The molecule has 0 aliphatic carbocycles. The van der Waals surface area contributed by atoms with Crippen LogP contribution in [0.5, 0.6) is 0 Å². The summed E-state index contributed by atoms with van der Waals surface area (Å²) in [6.07, 6.45) is 4.20. The van der Waals surface area contributed by atoms with Crippen molar-refractivity contribution in [1.29, 1.82) is 0 Å². The van der Waals surface area contributed by atoms with E-state index in [4.69, 9.17) is 5.73 Å². The zero-order valence-corrected chi connectivity index (χ0v) is 11.7. The lowest BCUT2D eigenvalue weighted by molar-refractivity contribution is 0.0943. The second-order valence-corrected chi connectivity index (χ2v) is 5.61. The maximum atomic E-state index is 5.93. The molecule has 2 heterocycles. The van der Waals surface area contributed by atoms with E-state index in [2.05, 4.69) is 35.8 Å². The third-order valence-electron chi connectivity index (χ3n) is 3.95. The van der Waals surface area contributed by atoms with Crippen molar-refractivity contribution in [1.82, 2.24) is 19.7 Å². The Hall–Kier alpha value is -0.940. The first-order valence-electron chi connectivity index (χ1n) is 6.96. The molecule has 0 spiro atoms. The van der Waals surface area contributed by atoms with Crippen molar-refractivity contribution in [3.63, 3.8) is 0 Å². The van der Waals surface area contributed by atoms with Gasteiger partial charge in [0.05, 0.1) is 6.54 Å². The predicted molar refractivity (Wildman–Crippen MR) is 72.1 cm³/mol. The van der Waals surface area contributed by atoms with Crippen molar-refractivity contribution in [2.75, 3.05) is 13.1 Å². The summed E-state index contributed by atoms with van der Waals surface area (Å²) in [7, 11) is 0. The molecule has 102 valence electrons. The third kappa shape index (κ3) is 2.72. The first-order chi connectivity index (χ1) is 8.63. The molecule has 5 nitrogen and oxygen atoms in total. The number of hydrogen-bond donors (Lipinski definition) is 1. The molecule has 18 heavy (non-hydrogen) atoms. The Morgan fingerprint density at radius 1 is 1.50 bits per heavy atom. The molecular weight excluding hydrogens is 226 g/mol. The number of hydrogen-bond acceptors (Lipinski definition) is 4. The summed E-state index contributed by atoms with van der Waals surface area (Å²) in [5.74, 6) is 1.73. The zero-order valence-electron chi connectivity index (χ0n) is 11.7. The second kappa shape index (κ2) is 5.80. The molecule has 0 aromatic carbocycles. The van der Waals surface area contributed by atoms with Crippen molar-refractivity contribution in [2.24, 2.45) is 11.7 Å². The van der Waals surface area contributed by atoms with E-state index in [9.17, 15) is 0 Å². The first-order valence-corrected chi connectivity index (χ1v) is 6.96. The van der Waals surface area contributed by atoms with Crippen molar-refractivity contribution in [3.8, 4) is 0 Å². The summed E-state index contributed by atoms with van der Waals surface area (Å²) in [6, 6.07) is 0.845. The molecule has 2 atom stereocenters. The summed E-state index contributed by atoms with van der Waals surface area (Å²) in [4.78, 5) is 6.86. The minimum atomic E-state index is 0.362. The Kier molecular flexibility index (Phi) is 4.35. The smallest absolute Gasteiger partial charge is 0.141 e. The predicted octanol–water partition coefficient (Wildman–Crippen LogP) is 1.42. The SMILES string of the molecule is CC1CCCN(Cc2ncnn2C(C)C)C1CN. The largest absolute Gasteiger partial charge is 0.329 e. The van der Waals surface area contributed by atoms with Crippen LogP contribution in [0.3, 0.4) is 0 Å². The van der Waals surface area contributed by atoms with Gasteiger partial charge in [-0.3, -0.25) is 4.90 Å². The van der Waals surface area contributed by atoms with Crippen LogP contribution in [0.2, 0.25) is 0 Å². The Morgan fingerprint density at radius 3 is 2.94 bits per heavy atom. The Bertz CT molecular complexity index is 373. The Balaban J connectivity index is 2.09. The van der Waals surface area contributed by atoms with Crippen LogP contribution in [0.25, 0.3) is 0 Å². The van der Waals surface area contributed by atoms with Gasteiger partial charge in [0.15, 0.2) is 0 Å². The quantitative estimate of drug-likeness (QED) is 0.879. The van der Waals surface area contributed by atoms with E-state index in [0.717, 1.165) is 25.5 Å². The van der Waals surface area contributed by atoms with E-state index < -0.39 is 0 Å². The summed E-state index contributed by atoms with van der Waals surface area (Å²) in [5, 5.41) is 4.30. The number of rotatable bonds is 4. The molecule has 1 aliphatic rings. The average Bonchev–Trinajstić information content (AvgIpc) is 2.77. The van der Waals surface area contributed by atoms with Crippen LogP contribution in [0.15, 0.2) is 6.33 Å². The van der Waals surface area contributed by atoms with Gasteiger partial charge in [-0.25, -0.2) is 9.67 Å². The molecule has 1 aromatic heterocycles. The summed E-state index contributed by atoms with van der Waals surface area (Å²) < 4.78 is 2.01. The van der Waals surface area contributed by atoms with E-state index in [0.29, 0.717) is 18.0 Å². The fourth-order valence-corrected chi connectivity index (χ4v) is 2.91.